The minimum Gasteiger partial charge on any atom is -0.359 e. The third-order valence-corrected chi connectivity index (χ3v) is 2.26. The summed E-state index contributed by atoms with van der Waals surface area (Å²) in [5, 5.41) is 9.99. The Morgan fingerprint density at radius 2 is 2.08 bits per heavy atom. The van der Waals surface area contributed by atoms with Gasteiger partial charge >= 0.3 is 0 Å². The fourth-order valence-electron chi connectivity index (χ4n) is 1.60. The summed E-state index contributed by atoms with van der Waals surface area (Å²) >= 11 is 0. The molecule has 0 spiro atoms. The van der Waals surface area contributed by atoms with Gasteiger partial charge in [0.2, 0.25) is 0 Å². The average Bonchev–Trinajstić information content (AvgIpc) is 2.45. The molecule has 0 unspecified atom stereocenters. The topological polar surface area (TPSA) is 39.6 Å². The molecule has 2 aromatic rings. The fourth-order valence-corrected chi connectivity index (χ4v) is 1.60. The van der Waals surface area contributed by atoms with E-state index in [1.165, 1.54) is 0 Å². The monoisotopic (exact) mass is 170 g/mol. The Kier molecular flexibility index (Phi) is 1.60. The standard InChI is InChI=1S/C11H10N2/c1-7-3-4-11-9(10(7)6-12)5-8(2)13-11/h3-5,13H,1-2H3. The lowest BCUT2D eigenvalue weighted by atomic mass is 10.1. The predicted molar refractivity (Wildman–Crippen MR) is 52.5 cm³/mol. The quantitative estimate of drug-likeness (QED) is 0.648. The van der Waals surface area contributed by atoms with Crippen molar-refractivity contribution in [2.45, 2.75) is 13.8 Å². The van der Waals surface area contributed by atoms with Crippen molar-refractivity contribution in [3.05, 3.63) is 35.0 Å². The number of aryl methyl sites for hydroxylation is 2. The van der Waals surface area contributed by atoms with E-state index in [4.69, 9.17) is 5.26 Å². The molecule has 0 atom stereocenters. The molecule has 1 aromatic carbocycles. The van der Waals surface area contributed by atoms with Crippen LogP contribution in [0.2, 0.25) is 0 Å². The number of nitrogens with zero attached hydrogens (tertiary/aromatic N) is 1. The summed E-state index contributed by atoms with van der Waals surface area (Å²) in [7, 11) is 0. The van der Waals surface area contributed by atoms with E-state index in [0.29, 0.717) is 0 Å². The maximum Gasteiger partial charge on any atom is 0.100 e. The number of nitriles is 1. The van der Waals surface area contributed by atoms with Gasteiger partial charge in [0.25, 0.3) is 0 Å². The molecule has 0 amide bonds. The van der Waals surface area contributed by atoms with Gasteiger partial charge in [0, 0.05) is 16.6 Å². The first-order chi connectivity index (χ1) is 6.22. The van der Waals surface area contributed by atoms with Crippen molar-refractivity contribution >= 4 is 10.9 Å². The van der Waals surface area contributed by atoms with Crippen LogP contribution in [0.5, 0.6) is 0 Å². The fraction of sp³-hybridized carbons (Fsp3) is 0.182. The zero-order valence-electron chi connectivity index (χ0n) is 7.68. The van der Waals surface area contributed by atoms with Crippen molar-refractivity contribution in [2.24, 2.45) is 0 Å². The van der Waals surface area contributed by atoms with Gasteiger partial charge in [-0.2, -0.15) is 5.26 Å². The van der Waals surface area contributed by atoms with Crippen LogP contribution in [0.25, 0.3) is 10.9 Å². The molecule has 13 heavy (non-hydrogen) atoms. The Morgan fingerprint density at radius 3 is 2.77 bits per heavy atom. The lowest BCUT2D eigenvalue weighted by Gasteiger charge is -1.97. The number of hydrogen-bond donors (Lipinski definition) is 1. The molecule has 0 fully saturated rings. The van der Waals surface area contributed by atoms with E-state index in [-0.39, 0.29) is 0 Å². The summed E-state index contributed by atoms with van der Waals surface area (Å²) in [5.74, 6) is 0. The second kappa shape index (κ2) is 2.63. The van der Waals surface area contributed by atoms with Crippen LogP contribution in [0, 0.1) is 25.2 Å². The van der Waals surface area contributed by atoms with Crippen molar-refractivity contribution in [3.8, 4) is 6.07 Å². The van der Waals surface area contributed by atoms with Gasteiger partial charge in [-0.1, -0.05) is 6.07 Å². The van der Waals surface area contributed by atoms with Crippen molar-refractivity contribution in [3.63, 3.8) is 0 Å². The van der Waals surface area contributed by atoms with Crippen LogP contribution < -0.4 is 0 Å². The molecule has 1 N–H and O–H groups in total. The van der Waals surface area contributed by atoms with Gasteiger partial charge in [-0.15, -0.1) is 0 Å². The minimum atomic E-state index is 0.779. The Labute approximate surface area is 76.8 Å². The SMILES string of the molecule is Cc1cc2c(C#N)c(C)ccc2[nH]1. The summed E-state index contributed by atoms with van der Waals surface area (Å²) < 4.78 is 0. The lowest BCUT2D eigenvalue weighted by Crippen LogP contribution is -1.81. The molecule has 2 rings (SSSR count). The number of benzene rings is 1. The highest BCUT2D eigenvalue weighted by Crippen LogP contribution is 2.21. The van der Waals surface area contributed by atoms with Crippen LogP contribution in [-0.2, 0) is 0 Å². The molecule has 0 saturated carbocycles. The highest BCUT2D eigenvalue weighted by atomic mass is 14.7. The van der Waals surface area contributed by atoms with Crippen LogP contribution in [0.15, 0.2) is 18.2 Å². The summed E-state index contributed by atoms with van der Waals surface area (Å²) in [6.45, 7) is 3.96. The molecule has 2 nitrogen and oxygen atoms in total. The first-order valence-corrected chi connectivity index (χ1v) is 4.21. The molecule has 1 aromatic heterocycles. The molecule has 0 bridgehead atoms. The zero-order chi connectivity index (χ0) is 9.42. The highest BCUT2D eigenvalue weighted by Gasteiger charge is 2.05. The number of aromatic nitrogens is 1. The van der Waals surface area contributed by atoms with Crippen molar-refractivity contribution in [1.82, 2.24) is 4.98 Å². The molecule has 0 aliphatic rings. The van der Waals surface area contributed by atoms with Crippen LogP contribution >= 0.6 is 0 Å². The Morgan fingerprint density at radius 1 is 1.31 bits per heavy atom. The van der Waals surface area contributed by atoms with E-state index in [2.05, 4.69) is 11.1 Å². The minimum absolute atomic E-state index is 0.779. The van der Waals surface area contributed by atoms with Crippen LogP contribution in [-0.4, -0.2) is 4.98 Å². The van der Waals surface area contributed by atoms with Gasteiger partial charge in [0.05, 0.1) is 5.56 Å². The number of rotatable bonds is 0. The van der Waals surface area contributed by atoms with E-state index in [0.717, 1.165) is 27.7 Å². The second-order valence-electron chi connectivity index (χ2n) is 3.28. The third-order valence-electron chi connectivity index (χ3n) is 2.26. The molecule has 2 heteroatoms. The third kappa shape index (κ3) is 1.09. The first-order valence-electron chi connectivity index (χ1n) is 4.21. The van der Waals surface area contributed by atoms with E-state index in [9.17, 15) is 0 Å². The summed E-state index contributed by atoms with van der Waals surface area (Å²) in [4.78, 5) is 3.21. The van der Waals surface area contributed by atoms with Gasteiger partial charge in [-0.05, 0) is 31.5 Å². The highest BCUT2D eigenvalue weighted by molar-refractivity contribution is 5.87. The maximum absolute atomic E-state index is 8.96. The number of nitrogens with one attached hydrogen (secondary N) is 1. The van der Waals surface area contributed by atoms with E-state index in [1.807, 2.05) is 32.0 Å². The zero-order valence-corrected chi connectivity index (χ0v) is 7.68. The molecule has 0 saturated heterocycles. The van der Waals surface area contributed by atoms with E-state index >= 15 is 0 Å². The number of aromatic amines is 1. The Balaban J connectivity index is 2.93. The molecule has 0 aliphatic heterocycles. The Bertz CT molecular complexity index is 501. The normalized spacial score (nSPS) is 10.2. The van der Waals surface area contributed by atoms with E-state index in [1.54, 1.807) is 0 Å². The van der Waals surface area contributed by atoms with Crippen LogP contribution in [0.4, 0.5) is 0 Å². The molecular weight excluding hydrogens is 160 g/mol. The van der Waals surface area contributed by atoms with Crippen molar-refractivity contribution in [1.29, 1.82) is 5.26 Å². The molecule has 1 heterocycles. The lowest BCUT2D eigenvalue weighted by molar-refractivity contribution is 1.30. The predicted octanol–water partition coefficient (Wildman–Crippen LogP) is 2.66. The van der Waals surface area contributed by atoms with Gasteiger partial charge < -0.3 is 4.98 Å². The second-order valence-corrected chi connectivity index (χ2v) is 3.28. The van der Waals surface area contributed by atoms with Gasteiger partial charge in [-0.25, -0.2) is 0 Å². The molecule has 64 valence electrons. The number of fused-ring (bicyclic) bond motifs is 1. The number of H-pyrrole nitrogens is 1. The Hall–Kier alpha value is -1.75. The number of hydrogen-bond acceptors (Lipinski definition) is 1. The molecule has 0 radical (unpaired) electrons. The molecule has 0 aliphatic carbocycles. The van der Waals surface area contributed by atoms with E-state index < -0.39 is 0 Å². The maximum atomic E-state index is 8.96. The summed E-state index contributed by atoms with van der Waals surface area (Å²) in [6, 6.07) is 8.23. The van der Waals surface area contributed by atoms with Crippen LogP contribution in [0.3, 0.4) is 0 Å². The van der Waals surface area contributed by atoms with Gasteiger partial charge in [0.1, 0.15) is 6.07 Å². The average molecular weight is 170 g/mol. The van der Waals surface area contributed by atoms with Crippen molar-refractivity contribution < 1.29 is 0 Å². The van der Waals surface area contributed by atoms with Crippen LogP contribution in [0.1, 0.15) is 16.8 Å². The summed E-state index contributed by atoms with van der Waals surface area (Å²) in [5.41, 5.74) is 3.95. The smallest absolute Gasteiger partial charge is 0.100 e. The largest absolute Gasteiger partial charge is 0.359 e. The first kappa shape index (κ1) is 7.88. The van der Waals surface area contributed by atoms with Crippen molar-refractivity contribution in [2.75, 3.05) is 0 Å². The summed E-state index contributed by atoms with van der Waals surface area (Å²) in [6.07, 6.45) is 0. The van der Waals surface area contributed by atoms with Gasteiger partial charge in [0.15, 0.2) is 0 Å². The molecular formula is C11H10N2. The van der Waals surface area contributed by atoms with Gasteiger partial charge in [-0.3, -0.25) is 0 Å².